The average molecular weight is 362 g/mol. The molecule has 114 valence electrons. The number of amides is 1. The minimum atomic E-state index is 0.0664. The van der Waals surface area contributed by atoms with Crippen molar-refractivity contribution in [1.82, 2.24) is 14.9 Å². The second-order valence-corrected chi connectivity index (χ2v) is 6.38. The Morgan fingerprint density at radius 1 is 1.18 bits per heavy atom. The van der Waals surface area contributed by atoms with Gasteiger partial charge in [-0.2, -0.15) is 0 Å². The summed E-state index contributed by atoms with van der Waals surface area (Å²) < 4.78 is 0.834. The highest BCUT2D eigenvalue weighted by Crippen LogP contribution is 2.11. The van der Waals surface area contributed by atoms with Gasteiger partial charge in [-0.3, -0.25) is 14.8 Å². The molecule has 2 aromatic heterocycles. The van der Waals surface area contributed by atoms with Crippen LogP contribution in [0.25, 0.3) is 0 Å². The van der Waals surface area contributed by atoms with E-state index < -0.39 is 0 Å². The fourth-order valence-corrected chi connectivity index (χ4v) is 3.07. The van der Waals surface area contributed by atoms with E-state index in [-0.39, 0.29) is 5.91 Å². The van der Waals surface area contributed by atoms with E-state index >= 15 is 0 Å². The lowest BCUT2D eigenvalue weighted by molar-refractivity contribution is -0.917. The number of piperazine rings is 1. The van der Waals surface area contributed by atoms with Crippen LogP contribution in [-0.4, -0.2) is 47.0 Å². The predicted molar refractivity (Wildman–Crippen MR) is 86.5 cm³/mol. The Morgan fingerprint density at radius 2 is 1.91 bits per heavy atom. The largest absolute Gasteiger partial charge is 0.328 e. The number of rotatable bonds is 3. The molecule has 3 rings (SSSR count). The molecule has 0 atom stereocenters. The van der Waals surface area contributed by atoms with Crippen molar-refractivity contribution in [1.29, 1.82) is 0 Å². The van der Waals surface area contributed by atoms with Gasteiger partial charge in [0.2, 0.25) is 0 Å². The summed E-state index contributed by atoms with van der Waals surface area (Å²) in [7, 11) is 0. The maximum atomic E-state index is 12.5. The molecule has 1 fully saturated rings. The lowest BCUT2D eigenvalue weighted by atomic mass is 10.2. The van der Waals surface area contributed by atoms with Crippen LogP contribution in [0.5, 0.6) is 0 Å². The third-order valence-electron chi connectivity index (χ3n) is 3.91. The molecule has 1 N–H and O–H groups in total. The van der Waals surface area contributed by atoms with Crippen LogP contribution in [0.4, 0.5) is 0 Å². The van der Waals surface area contributed by atoms with E-state index in [0.29, 0.717) is 5.56 Å². The molecule has 0 aliphatic carbocycles. The maximum absolute atomic E-state index is 12.5. The number of pyridine rings is 2. The van der Waals surface area contributed by atoms with E-state index in [1.165, 1.54) is 10.5 Å². The van der Waals surface area contributed by atoms with Crippen molar-refractivity contribution >= 4 is 21.8 Å². The number of nitrogens with one attached hydrogen (secondary N) is 1. The second-order valence-electron chi connectivity index (χ2n) is 5.47. The van der Waals surface area contributed by atoms with E-state index in [1.54, 1.807) is 12.4 Å². The molecule has 22 heavy (non-hydrogen) atoms. The summed E-state index contributed by atoms with van der Waals surface area (Å²) in [5, 5.41) is 0. The molecule has 1 amide bonds. The zero-order valence-corrected chi connectivity index (χ0v) is 13.8. The van der Waals surface area contributed by atoms with Crippen molar-refractivity contribution < 1.29 is 9.69 Å². The molecule has 0 bridgehead atoms. The molecule has 3 heterocycles. The average Bonchev–Trinajstić information content (AvgIpc) is 2.56. The van der Waals surface area contributed by atoms with Gasteiger partial charge in [-0.25, -0.2) is 0 Å². The van der Waals surface area contributed by atoms with E-state index in [4.69, 9.17) is 0 Å². The van der Waals surface area contributed by atoms with Crippen LogP contribution >= 0.6 is 15.9 Å². The standard InChI is InChI=1S/C16H17BrN4O/c17-15-9-14(10-19-11-15)16(22)21-7-5-20(6-8-21)12-13-1-3-18-4-2-13/h1-4,9-11H,5-8,12H2/p+1. The normalized spacial score (nSPS) is 15.8. The monoisotopic (exact) mass is 361 g/mol. The molecular weight excluding hydrogens is 344 g/mol. The van der Waals surface area contributed by atoms with Gasteiger partial charge in [0.25, 0.3) is 5.91 Å². The summed E-state index contributed by atoms with van der Waals surface area (Å²) >= 11 is 3.36. The Bertz CT molecular complexity index is 642. The number of halogens is 1. The highest BCUT2D eigenvalue weighted by atomic mass is 79.9. The molecule has 2 aromatic rings. The maximum Gasteiger partial charge on any atom is 0.255 e. The highest BCUT2D eigenvalue weighted by Gasteiger charge is 2.24. The first kappa shape index (κ1) is 15.1. The Hall–Kier alpha value is -1.79. The first-order valence-electron chi connectivity index (χ1n) is 7.34. The number of quaternary nitrogens is 1. The summed E-state index contributed by atoms with van der Waals surface area (Å²) in [6, 6.07) is 5.93. The zero-order chi connectivity index (χ0) is 15.4. The van der Waals surface area contributed by atoms with Crippen molar-refractivity contribution in [3.05, 3.63) is 58.6 Å². The molecule has 0 unspecified atom stereocenters. The van der Waals surface area contributed by atoms with Crippen molar-refractivity contribution in [2.45, 2.75) is 6.54 Å². The van der Waals surface area contributed by atoms with Gasteiger partial charge < -0.3 is 9.80 Å². The molecule has 6 heteroatoms. The first-order valence-corrected chi connectivity index (χ1v) is 8.14. The molecule has 0 radical (unpaired) electrons. The molecule has 0 spiro atoms. The number of carbonyl (C=O) groups excluding carboxylic acids is 1. The van der Waals surface area contributed by atoms with Crippen molar-refractivity contribution in [2.24, 2.45) is 0 Å². The Labute approximate surface area is 138 Å². The number of carbonyl (C=O) groups is 1. The fourth-order valence-electron chi connectivity index (χ4n) is 2.70. The summed E-state index contributed by atoms with van der Waals surface area (Å²) in [6.45, 7) is 4.49. The topological polar surface area (TPSA) is 50.5 Å². The van der Waals surface area contributed by atoms with Crippen LogP contribution in [0.15, 0.2) is 47.5 Å². The Balaban J connectivity index is 1.56. The molecule has 1 aliphatic heterocycles. The Kier molecular flexibility index (Phi) is 4.80. The van der Waals surface area contributed by atoms with E-state index in [9.17, 15) is 4.79 Å². The van der Waals surface area contributed by atoms with Gasteiger partial charge >= 0.3 is 0 Å². The fraction of sp³-hybridized carbons (Fsp3) is 0.312. The first-order chi connectivity index (χ1) is 10.7. The smallest absolute Gasteiger partial charge is 0.255 e. The van der Waals surface area contributed by atoms with Gasteiger partial charge in [-0.1, -0.05) is 0 Å². The van der Waals surface area contributed by atoms with E-state index in [1.807, 2.05) is 23.4 Å². The van der Waals surface area contributed by atoms with Crippen LogP contribution in [0.2, 0.25) is 0 Å². The Morgan fingerprint density at radius 3 is 2.59 bits per heavy atom. The van der Waals surface area contributed by atoms with Gasteiger partial charge in [-0.05, 0) is 34.1 Å². The van der Waals surface area contributed by atoms with Crippen LogP contribution < -0.4 is 4.90 Å². The second kappa shape index (κ2) is 6.98. The lowest BCUT2D eigenvalue weighted by Crippen LogP contribution is -3.13. The van der Waals surface area contributed by atoms with Gasteiger partial charge in [-0.15, -0.1) is 0 Å². The van der Waals surface area contributed by atoms with E-state index in [2.05, 4.69) is 38.0 Å². The van der Waals surface area contributed by atoms with Crippen molar-refractivity contribution in [3.63, 3.8) is 0 Å². The summed E-state index contributed by atoms with van der Waals surface area (Å²) in [5.74, 6) is 0.0664. The minimum absolute atomic E-state index is 0.0664. The molecule has 5 nitrogen and oxygen atoms in total. The van der Waals surface area contributed by atoms with Crippen molar-refractivity contribution in [3.8, 4) is 0 Å². The third kappa shape index (κ3) is 3.69. The predicted octanol–water partition coefficient (Wildman–Crippen LogP) is 0.780. The third-order valence-corrected chi connectivity index (χ3v) is 4.35. The number of hydrogen-bond donors (Lipinski definition) is 1. The number of aromatic nitrogens is 2. The van der Waals surface area contributed by atoms with Crippen LogP contribution in [0, 0.1) is 0 Å². The molecule has 0 saturated carbocycles. The van der Waals surface area contributed by atoms with Crippen molar-refractivity contribution in [2.75, 3.05) is 26.2 Å². The zero-order valence-electron chi connectivity index (χ0n) is 12.2. The van der Waals surface area contributed by atoms with Gasteiger partial charge in [0.1, 0.15) is 6.54 Å². The molecular formula is C16H18BrN4O+. The summed E-state index contributed by atoms with van der Waals surface area (Å²) in [4.78, 5) is 24.0. The highest BCUT2D eigenvalue weighted by molar-refractivity contribution is 9.10. The number of hydrogen-bond acceptors (Lipinski definition) is 3. The van der Waals surface area contributed by atoms with Crippen LogP contribution in [0.3, 0.4) is 0 Å². The SMILES string of the molecule is O=C(c1cncc(Br)c1)N1CC[NH+](Cc2ccncc2)CC1. The van der Waals surface area contributed by atoms with Crippen LogP contribution in [-0.2, 0) is 6.54 Å². The van der Waals surface area contributed by atoms with Crippen LogP contribution in [0.1, 0.15) is 15.9 Å². The number of nitrogens with zero attached hydrogens (tertiary/aromatic N) is 3. The van der Waals surface area contributed by atoms with Gasteiger partial charge in [0.05, 0.1) is 31.7 Å². The molecule has 1 aliphatic rings. The van der Waals surface area contributed by atoms with E-state index in [0.717, 1.165) is 37.2 Å². The van der Waals surface area contributed by atoms with Gasteiger partial charge in [0.15, 0.2) is 0 Å². The van der Waals surface area contributed by atoms with Gasteiger partial charge in [0, 0.05) is 34.8 Å². The lowest BCUT2D eigenvalue weighted by Gasteiger charge is -2.32. The summed E-state index contributed by atoms with van der Waals surface area (Å²) in [5.41, 5.74) is 1.94. The quantitative estimate of drug-likeness (QED) is 0.878. The summed E-state index contributed by atoms with van der Waals surface area (Å²) in [6.07, 6.45) is 6.97. The molecule has 1 saturated heterocycles. The minimum Gasteiger partial charge on any atom is -0.328 e. The molecule has 0 aromatic carbocycles.